The van der Waals surface area contributed by atoms with E-state index in [1.54, 1.807) is 0 Å². The third-order valence-electron chi connectivity index (χ3n) is 4.61. The Bertz CT molecular complexity index is 626. The Kier molecular flexibility index (Phi) is 7.91. The largest absolute Gasteiger partial charge is 0.503 e. The van der Waals surface area contributed by atoms with Crippen molar-refractivity contribution in [1.29, 1.82) is 0 Å². The summed E-state index contributed by atoms with van der Waals surface area (Å²) in [5.41, 5.74) is 1.52. The molecule has 0 atom stereocenters. The molecule has 3 N–H and O–H groups in total. The number of halogens is 2. The van der Waals surface area contributed by atoms with E-state index in [9.17, 15) is 10.2 Å². The fourth-order valence-corrected chi connectivity index (χ4v) is 3.91. The lowest BCUT2D eigenvalue weighted by molar-refractivity contribution is 0.375. The fraction of sp³-hybridized carbons (Fsp3) is 0.611. The minimum Gasteiger partial charge on any atom is -0.503 e. The predicted molar refractivity (Wildman–Crippen MR) is 108 cm³/mol. The molecule has 1 aliphatic rings. The first-order valence-corrected chi connectivity index (χ1v) is 10.1. The van der Waals surface area contributed by atoms with Crippen molar-refractivity contribution in [3.05, 3.63) is 21.2 Å². The first-order valence-electron chi connectivity index (χ1n) is 8.90. The number of benzene rings is 1. The van der Waals surface area contributed by atoms with Gasteiger partial charge in [-0.2, -0.15) is 0 Å². The summed E-state index contributed by atoms with van der Waals surface area (Å²) in [7, 11) is 0. The molecule has 1 aromatic rings. The van der Waals surface area contributed by atoms with E-state index in [1.165, 1.54) is 32.1 Å². The van der Waals surface area contributed by atoms with Crippen molar-refractivity contribution in [2.24, 2.45) is 0 Å². The zero-order chi connectivity index (χ0) is 18.4. The Labute approximate surface area is 165 Å². The summed E-state index contributed by atoms with van der Waals surface area (Å²) in [6.07, 6.45) is 8.10. The zero-order valence-corrected chi connectivity index (χ0v) is 16.9. The van der Waals surface area contributed by atoms with Gasteiger partial charge < -0.3 is 20.4 Å². The van der Waals surface area contributed by atoms with Gasteiger partial charge in [0.2, 0.25) is 0 Å². The van der Waals surface area contributed by atoms with Gasteiger partial charge in [0, 0.05) is 19.6 Å². The molecule has 0 saturated heterocycles. The third-order valence-corrected chi connectivity index (χ3v) is 5.83. The minimum atomic E-state index is -0.363. The first kappa shape index (κ1) is 20.4. The quantitative estimate of drug-likeness (QED) is 0.339. The Balaban J connectivity index is 1.87. The van der Waals surface area contributed by atoms with Gasteiger partial charge in [0.05, 0.1) is 10.0 Å². The van der Waals surface area contributed by atoms with E-state index in [0.29, 0.717) is 24.6 Å². The standard InChI is InChI=1S/C18H26Cl2N2O2S/c1-2-3-4-5-6-7-9-21-18(25)22-10-8-12-13(11-22)15(20)17(24)16(23)14(12)19/h23-24H,2-11H2,1H3,(H,21,25). The number of phenols is 2. The molecule has 0 spiro atoms. The zero-order valence-electron chi connectivity index (χ0n) is 14.6. The van der Waals surface area contributed by atoms with Gasteiger partial charge in [-0.25, -0.2) is 0 Å². The Morgan fingerprint density at radius 1 is 1.04 bits per heavy atom. The summed E-state index contributed by atoms with van der Waals surface area (Å²) >= 11 is 17.8. The molecule has 1 aromatic carbocycles. The maximum absolute atomic E-state index is 9.90. The summed E-state index contributed by atoms with van der Waals surface area (Å²) in [4.78, 5) is 2.02. The van der Waals surface area contributed by atoms with E-state index in [1.807, 2.05) is 4.90 Å². The van der Waals surface area contributed by atoms with Crippen molar-refractivity contribution in [2.75, 3.05) is 13.1 Å². The molecule has 0 aliphatic carbocycles. The monoisotopic (exact) mass is 404 g/mol. The molecule has 0 saturated carbocycles. The number of unbranched alkanes of at least 4 members (excludes halogenated alkanes) is 5. The van der Waals surface area contributed by atoms with Gasteiger partial charge in [-0.3, -0.25) is 0 Å². The summed E-state index contributed by atoms with van der Waals surface area (Å²) in [5.74, 6) is -0.708. The number of hydrogen-bond acceptors (Lipinski definition) is 3. The molecular formula is C18H26Cl2N2O2S. The van der Waals surface area contributed by atoms with Crippen molar-refractivity contribution >= 4 is 40.5 Å². The highest BCUT2D eigenvalue weighted by Crippen LogP contribution is 2.46. The summed E-state index contributed by atoms with van der Waals surface area (Å²) < 4.78 is 0. The average Bonchev–Trinajstić information content (AvgIpc) is 2.63. The van der Waals surface area contributed by atoms with Gasteiger partial charge in [-0.15, -0.1) is 0 Å². The first-order chi connectivity index (χ1) is 12.0. The molecule has 0 amide bonds. The Morgan fingerprint density at radius 3 is 2.32 bits per heavy atom. The van der Waals surface area contributed by atoms with Crippen LogP contribution in [0.5, 0.6) is 11.5 Å². The lowest BCUT2D eigenvalue weighted by atomic mass is 9.98. The van der Waals surface area contributed by atoms with Gasteiger partial charge in [-0.05, 0) is 36.2 Å². The van der Waals surface area contributed by atoms with Crippen LogP contribution in [-0.2, 0) is 13.0 Å². The molecule has 2 rings (SSSR count). The molecule has 0 unspecified atom stereocenters. The SMILES string of the molecule is CCCCCCCCNC(=S)N1CCc2c(Cl)c(O)c(O)c(Cl)c2C1. The van der Waals surface area contributed by atoms with Crippen LogP contribution < -0.4 is 5.32 Å². The molecule has 0 radical (unpaired) electrons. The summed E-state index contributed by atoms with van der Waals surface area (Å²) in [6, 6.07) is 0. The molecule has 7 heteroatoms. The maximum atomic E-state index is 9.90. The van der Waals surface area contributed by atoms with Crippen LogP contribution in [-0.4, -0.2) is 33.3 Å². The van der Waals surface area contributed by atoms with Crippen LogP contribution in [0.2, 0.25) is 10.0 Å². The maximum Gasteiger partial charge on any atom is 0.178 e. The molecule has 0 aromatic heterocycles. The number of phenolic OH excluding ortho intramolecular Hbond substituents is 2. The second-order valence-electron chi connectivity index (χ2n) is 6.45. The number of aromatic hydroxyl groups is 2. The molecular weight excluding hydrogens is 379 g/mol. The van der Waals surface area contributed by atoms with E-state index in [-0.39, 0.29) is 21.5 Å². The smallest absolute Gasteiger partial charge is 0.178 e. The second kappa shape index (κ2) is 9.70. The van der Waals surface area contributed by atoms with Crippen LogP contribution in [0.1, 0.15) is 56.6 Å². The highest BCUT2D eigenvalue weighted by molar-refractivity contribution is 7.80. The van der Waals surface area contributed by atoms with E-state index >= 15 is 0 Å². The van der Waals surface area contributed by atoms with Crippen LogP contribution in [0, 0.1) is 0 Å². The van der Waals surface area contributed by atoms with E-state index in [4.69, 9.17) is 35.4 Å². The third kappa shape index (κ3) is 5.05. The molecule has 4 nitrogen and oxygen atoms in total. The number of thiocarbonyl (C=S) groups is 1. The lowest BCUT2D eigenvalue weighted by Gasteiger charge is -2.32. The number of nitrogens with one attached hydrogen (secondary N) is 1. The van der Waals surface area contributed by atoms with Crippen molar-refractivity contribution in [3.8, 4) is 11.5 Å². The van der Waals surface area contributed by atoms with Gasteiger partial charge in [0.25, 0.3) is 0 Å². The average molecular weight is 405 g/mol. The van der Waals surface area contributed by atoms with Gasteiger partial charge in [0.15, 0.2) is 16.6 Å². The van der Waals surface area contributed by atoms with E-state index < -0.39 is 0 Å². The highest BCUT2D eigenvalue weighted by Gasteiger charge is 2.27. The van der Waals surface area contributed by atoms with Crippen LogP contribution in [0.15, 0.2) is 0 Å². The van der Waals surface area contributed by atoms with E-state index in [0.717, 1.165) is 24.1 Å². The van der Waals surface area contributed by atoms with Crippen molar-refractivity contribution < 1.29 is 10.2 Å². The normalized spacial score (nSPS) is 13.6. The Hall–Kier alpha value is -0.910. The lowest BCUT2D eigenvalue weighted by Crippen LogP contribution is -2.43. The fourth-order valence-electron chi connectivity index (χ4n) is 3.09. The molecule has 25 heavy (non-hydrogen) atoms. The van der Waals surface area contributed by atoms with Crippen molar-refractivity contribution in [3.63, 3.8) is 0 Å². The second-order valence-corrected chi connectivity index (χ2v) is 7.60. The van der Waals surface area contributed by atoms with Gasteiger partial charge in [-0.1, -0.05) is 62.2 Å². The number of hydrogen-bond donors (Lipinski definition) is 3. The highest BCUT2D eigenvalue weighted by atomic mass is 35.5. The minimum absolute atomic E-state index is 0.153. The topological polar surface area (TPSA) is 55.7 Å². The van der Waals surface area contributed by atoms with Gasteiger partial charge in [0.1, 0.15) is 0 Å². The molecule has 0 fully saturated rings. The number of rotatable bonds is 7. The molecule has 0 bridgehead atoms. The van der Waals surface area contributed by atoms with Crippen LogP contribution in [0.3, 0.4) is 0 Å². The van der Waals surface area contributed by atoms with Crippen LogP contribution >= 0.6 is 35.4 Å². The summed E-state index contributed by atoms with van der Waals surface area (Å²) in [6.45, 7) is 4.26. The number of nitrogens with zero attached hydrogens (tertiary/aromatic N) is 1. The van der Waals surface area contributed by atoms with Crippen molar-refractivity contribution in [1.82, 2.24) is 10.2 Å². The van der Waals surface area contributed by atoms with Crippen LogP contribution in [0.25, 0.3) is 0 Å². The summed E-state index contributed by atoms with van der Waals surface area (Å²) in [5, 5.41) is 24.1. The number of fused-ring (bicyclic) bond motifs is 1. The van der Waals surface area contributed by atoms with Crippen molar-refractivity contribution in [2.45, 2.75) is 58.4 Å². The molecule has 1 aliphatic heterocycles. The Morgan fingerprint density at radius 2 is 1.64 bits per heavy atom. The van der Waals surface area contributed by atoms with Gasteiger partial charge >= 0.3 is 0 Å². The molecule has 1 heterocycles. The van der Waals surface area contributed by atoms with E-state index in [2.05, 4.69) is 12.2 Å². The molecule has 140 valence electrons. The predicted octanol–water partition coefficient (Wildman–Crippen LogP) is 5.00. The van der Waals surface area contributed by atoms with Crippen LogP contribution in [0.4, 0.5) is 0 Å².